The maximum atomic E-state index is 13.7. The zero-order chi connectivity index (χ0) is 35.7. The number of nitrogens with one attached hydrogen (secondary N) is 1. The number of methoxy groups -OCH3 is 1. The number of halogens is 4. The Morgan fingerprint density at radius 3 is 2.29 bits per heavy atom. The van der Waals surface area contributed by atoms with Gasteiger partial charge < -0.3 is 24.3 Å². The number of hydrogen-bond donors (Lipinski definition) is 1. The lowest BCUT2D eigenvalue weighted by atomic mass is 9.77. The first kappa shape index (κ1) is 37.1. The van der Waals surface area contributed by atoms with Crippen LogP contribution in [0.1, 0.15) is 67.2 Å². The Bertz CT molecular complexity index is 1580. The van der Waals surface area contributed by atoms with Crippen molar-refractivity contribution in [2.24, 2.45) is 17.8 Å². The van der Waals surface area contributed by atoms with Crippen molar-refractivity contribution in [3.63, 3.8) is 0 Å². The number of pyridine rings is 1. The van der Waals surface area contributed by atoms with Crippen molar-refractivity contribution in [2.75, 3.05) is 13.9 Å². The normalized spacial score (nSPS) is 20.0. The molecule has 13 heteroatoms. The summed E-state index contributed by atoms with van der Waals surface area (Å²) >= 11 is 0. The van der Waals surface area contributed by atoms with Gasteiger partial charge in [0.05, 0.1) is 18.6 Å². The molecule has 2 aromatic carbocycles. The molecular weight excluding hydrogens is 648 g/mol. The molecule has 0 aliphatic carbocycles. The Kier molecular flexibility index (Phi) is 12.6. The van der Waals surface area contributed by atoms with Gasteiger partial charge in [0.1, 0.15) is 18.0 Å². The predicted octanol–water partition coefficient (Wildman–Crippen LogP) is 6.72. The molecule has 2 heterocycles. The summed E-state index contributed by atoms with van der Waals surface area (Å²) in [5.74, 6) is -3.06. The van der Waals surface area contributed by atoms with Crippen LogP contribution in [0.5, 0.6) is 11.5 Å². The van der Waals surface area contributed by atoms with E-state index < -0.39 is 60.3 Å². The summed E-state index contributed by atoms with van der Waals surface area (Å²) in [4.78, 5) is 43.1. The molecule has 1 aliphatic heterocycles. The van der Waals surface area contributed by atoms with E-state index in [9.17, 15) is 31.9 Å². The van der Waals surface area contributed by atoms with Crippen LogP contribution < -0.4 is 14.8 Å². The van der Waals surface area contributed by atoms with Crippen LogP contribution in [0.25, 0.3) is 0 Å². The van der Waals surface area contributed by atoms with Crippen molar-refractivity contribution in [3.8, 4) is 11.5 Å². The molecule has 3 aromatic rings. The summed E-state index contributed by atoms with van der Waals surface area (Å²) < 4.78 is 75.2. The van der Waals surface area contributed by atoms with E-state index in [2.05, 4.69) is 10.3 Å². The number of amides is 1. The van der Waals surface area contributed by atoms with Gasteiger partial charge in [-0.2, -0.15) is 13.2 Å². The fourth-order valence-corrected chi connectivity index (χ4v) is 5.83. The van der Waals surface area contributed by atoms with Crippen molar-refractivity contribution >= 4 is 17.8 Å². The Hall–Kier alpha value is -4.68. The Morgan fingerprint density at radius 2 is 1.65 bits per heavy atom. The predicted molar refractivity (Wildman–Crippen MR) is 170 cm³/mol. The molecule has 0 spiro atoms. The Balaban J connectivity index is 1.55. The molecular formula is C36H40F4N2O7. The molecule has 1 saturated heterocycles. The number of hydrogen-bond acceptors (Lipinski definition) is 8. The second-order valence-electron chi connectivity index (χ2n) is 12.3. The van der Waals surface area contributed by atoms with Gasteiger partial charge in [0.25, 0.3) is 5.91 Å². The van der Waals surface area contributed by atoms with Crippen molar-refractivity contribution in [1.82, 2.24) is 10.3 Å². The quantitative estimate of drug-likeness (QED) is 0.134. The average Bonchev–Trinajstić information content (AvgIpc) is 3.10. The van der Waals surface area contributed by atoms with Gasteiger partial charge in [-0.3, -0.25) is 9.59 Å². The summed E-state index contributed by atoms with van der Waals surface area (Å²) in [5, 5.41) is 2.70. The number of rotatable bonds is 11. The number of alkyl halides is 3. The van der Waals surface area contributed by atoms with E-state index in [-0.39, 0.29) is 35.4 Å². The molecule has 1 N–H and O–H groups in total. The molecule has 0 radical (unpaired) electrons. The van der Waals surface area contributed by atoms with Gasteiger partial charge in [0.2, 0.25) is 6.79 Å². The third kappa shape index (κ3) is 10.2. The van der Waals surface area contributed by atoms with Crippen LogP contribution in [0.3, 0.4) is 0 Å². The van der Waals surface area contributed by atoms with Crippen LogP contribution >= 0.6 is 0 Å². The van der Waals surface area contributed by atoms with E-state index in [1.807, 2.05) is 0 Å². The molecule has 9 nitrogen and oxygen atoms in total. The first-order chi connectivity index (χ1) is 23.3. The van der Waals surface area contributed by atoms with Crippen LogP contribution in [0.4, 0.5) is 17.6 Å². The summed E-state index contributed by atoms with van der Waals surface area (Å²) in [6.07, 6.45) is -1.72. The van der Waals surface area contributed by atoms with Gasteiger partial charge in [-0.05, 0) is 73.9 Å². The highest BCUT2D eigenvalue weighted by atomic mass is 19.4. The number of cyclic esters (lactones) is 1. The third-order valence-corrected chi connectivity index (χ3v) is 8.51. The standard InChI is InChI=1S/C36H40F4N2O7/c1-21(2)34(44)48-20-47-32-30(46-4)16-17-41-31(32)33(43)42-29-7-5-6-25(18-23-8-12-26(13-9-23)36(38,39)40)28(22(3)49-35(29)45)19-24-10-14-27(37)15-11-24/h8-17,21-22,25,28-29H,5-7,18-20H2,1-4H3,(H,42,43)/t22-,25+,28-,29-/m0/s1. The highest BCUT2D eigenvalue weighted by Crippen LogP contribution is 2.35. The first-order valence-corrected chi connectivity index (χ1v) is 16.0. The number of benzene rings is 2. The fourth-order valence-electron chi connectivity index (χ4n) is 5.83. The molecule has 0 bridgehead atoms. The maximum absolute atomic E-state index is 13.7. The van der Waals surface area contributed by atoms with E-state index in [0.717, 1.165) is 17.7 Å². The third-order valence-electron chi connectivity index (χ3n) is 8.51. The average molecular weight is 689 g/mol. The summed E-state index contributed by atoms with van der Waals surface area (Å²) in [7, 11) is 1.37. The summed E-state index contributed by atoms with van der Waals surface area (Å²) in [5.41, 5.74) is 0.562. The van der Waals surface area contributed by atoms with Gasteiger partial charge in [0.15, 0.2) is 17.2 Å². The topological polar surface area (TPSA) is 113 Å². The van der Waals surface area contributed by atoms with Gasteiger partial charge in [-0.25, -0.2) is 14.2 Å². The minimum Gasteiger partial charge on any atom is -0.493 e. The van der Waals surface area contributed by atoms with Crippen LogP contribution in [-0.2, 0) is 38.1 Å². The molecule has 1 fully saturated rings. The van der Waals surface area contributed by atoms with Crippen molar-refractivity contribution < 1.29 is 50.9 Å². The molecule has 0 unspecified atom stereocenters. The van der Waals surface area contributed by atoms with Crippen LogP contribution in [0, 0.1) is 23.6 Å². The molecule has 4 rings (SSSR count). The van der Waals surface area contributed by atoms with Gasteiger partial charge in [-0.15, -0.1) is 0 Å². The second-order valence-corrected chi connectivity index (χ2v) is 12.3. The number of aromatic nitrogens is 1. The van der Waals surface area contributed by atoms with E-state index in [1.165, 1.54) is 43.6 Å². The minimum atomic E-state index is -4.46. The maximum Gasteiger partial charge on any atom is 0.416 e. The van der Waals surface area contributed by atoms with Crippen LogP contribution in [0.15, 0.2) is 60.8 Å². The smallest absolute Gasteiger partial charge is 0.416 e. The molecule has 0 saturated carbocycles. The Labute approximate surface area is 282 Å². The molecule has 1 aromatic heterocycles. The lowest BCUT2D eigenvalue weighted by Crippen LogP contribution is -2.43. The first-order valence-electron chi connectivity index (χ1n) is 16.0. The van der Waals surface area contributed by atoms with E-state index in [1.54, 1.807) is 32.9 Å². The Morgan fingerprint density at radius 1 is 1.00 bits per heavy atom. The number of nitrogens with zero attached hydrogens (tertiary/aromatic N) is 1. The lowest BCUT2D eigenvalue weighted by molar-refractivity contribution is -0.155. The number of carbonyl (C=O) groups is 3. The minimum absolute atomic E-state index is 0.0835. The van der Waals surface area contributed by atoms with E-state index in [4.69, 9.17) is 18.9 Å². The highest BCUT2D eigenvalue weighted by molar-refractivity contribution is 5.98. The zero-order valence-electron chi connectivity index (χ0n) is 27.7. The van der Waals surface area contributed by atoms with Crippen LogP contribution in [-0.4, -0.2) is 48.9 Å². The molecule has 4 atom stereocenters. The van der Waals surface area contributed by atoms with Crippen LogP contribution in [0.2, 0.25) is 0 Å². The molecule has 49 heavy (non-hydrogen) atoms. The SMILES string of the molecule is COc1ccnc(C(=O)N[C@H]2CCC[C@H](Cc3ccc(C(F)(F)F)cc3)[C@@H](Cc3ccc(F)cc3)[C@H](C)OC2=O)c1OCOC(=O)C(C)C. The summed E-state index contributed by atoms with van der Waals surface area (Å²) in [6, 6.07) is 11.4. The van der Waals surface area contributed by atoms with Gasteiger partial charge in [0, 0.05) is 18.2 Å². The number of carbonyl (C=O) groups excluding carboxylic acids is 3. The van der Waals surface area contributed by atoms with E-state index >= 15 is 0 Å². The second kappa shape index (κ2) is 16.6. The van der Waals surface area contributed by atoms with Crippen molar-refractivity contribution in [3.05, 3.63) is 89.0 Å². The number of esters is 2. The highest BCUT2D eigenvalue weighted by Gasteiger charge is 2.36. The molecule has 1 aliphatic rings. The van der Waals surface area contributed by atoms with Crippen molar-refractivity contribution in [2.45, 2.75) is 71.2 Å². The monoisotopic (exact) mass is 688 g/mol. The summed E-state index contributed by atoms with van der Waals surface area (Å²) in [6.45, 7) is 4.55. The van der Waals surface area contributed by atoms with E-state index in [0.29, 0.717) is 31.2 Å². The largest absolute Gasteiger partial charge is 0.493 e. The van der Waals surface area contributed by atoms with Crippen molar-refractivity contribution in [1.29, 1.82) is 0 Å². The lowest BCUT2D eigenvalue weighted by Gasteiger charge is -2.31. The number of ether oxygens (including phenoxy) is 4. The van der Waals surface area contributed by atoms with Gasteiger partial charge >= 0.3 is 18.1 Å². The fraction of sp³-hybridized carbons (Fsp3) is 0.444. The molecule has 264 valence electrons. The molecule has 1 amide bonds. The van der Waals surface area contributed by atoms with Gasteiger partial charge in [-0.1, -0.05) is 44.5 Å². The zero-order valence-corrected chi connectivity index (χ0v) is 27.7.